The van der Waals surface area contributed by atoms with Crippen LogP contribution in [0, 0.1) is 25.7 Å². The van der Waals surface area contributed by atoms with Gasteiger partial charge in [0, 0.05) is 11.3 Å². The standard InChI is InChI=1S/C27H23NO2/c1-15-12-16(2)14-17(13-15)28-25(29)23-22-18-8-4-6-10-20(18)27(3,24(23)26(28)30)21-11-7-5-9-19(21)22/h4-14,22-24H,1-3H3/t22?,23-,24+,27?/m1/s1. The summed E-state index contributed by atoms with van der Waals surface area (Å²) in [4.78, 5) is 29.2. The largest absolute Gasteiger partial charge is 0.274 e. The van der Waals surface area contributed by atoms with E-state index < -0.39 is 5.41 Å². The van der Waals surface area contributed by atoms with Crippen molar-refractivity contribution in [3.63, 3.8) is 0 Å². The molecule has 3 heteroatoms. The highest BCUT2D eigenvalue weighted by Gasteiger charge is 2.66. The van der Waals surface area contributed by atoms with Crippen molar-refractivity contribution in [1.82, 2.24) is 0 Å². The number of aryl methyl sites for hydroxylation is 2. The van der Waals surface area contributed by atoms with Crippen LogP contribution in [0.1, 0.15) is 46.2 Å². The Morgan fingerprint density at radius 1 is 0.767 bits per heavy atom. The number of hydrogen-bond acceptors (Lipinski definition) is 2. The maximum atomic E-state index is 13.9. The van der Waals surface area contributed by atoms with Gasteiger partial charge in [-0.1, -0.05) is 61.5 Å². The summed E-state index contributed by atoms with van der Waals surface area (Å²) < 4.78 is 0. The molecule has 4 aliphatic rings. The van der Waals surface area contributed by atoms with Crippen LogP contribution in [-0.2, 0) is 15.0 Å². The van der Waals surface area contributed by atoms with Crippen LogP contribution in [-0.4, -0.2) is 11.8 Å². The van der Waals surface area contributed by atoms with E-state index in [0.717, 1.165) is 11.1 Å². The third-order valence-corrected chi connectivity index (χ3v) is 7.51. The van der Waals surface area contributed by atoms with Crippen molar-refractivity contribution in [2.75, 3.05) is 4.90 Å². The predicted molar refractivity (Wildman–Crippen MR) is 117 cm³/mol. The van der Waals surface area contributed by atoms with Crippen molar-refractivity contribution in [1.29, 1.82) is 0 Å². The fraction of sp³-hybridized carbons (Fsp3) is 0.259. The van der Waals surface area contributed by atoms with Gasteiger partial charge in [-0.05, 0) is 59.4 Å². The lowest BCUT2D eigenvalue weighted by molar-refractivity contribution is -0.123. The maximum absolute atomic E-state index is 13.9. The Labute approximate surface area is 176 Å². The number of rotatable bonds is 1. The van der Waals surface area contributed by atoms with E-state index in [0.29, 0.717) is 5.69 Å². The monoisotopic (exact) mass is 393 g/mol. The molecular formula is C27H23NO2. The zero-order valence-electron chi connectivity index (χ0n) is 17.3. The first-order valence-corrected chi connectivity index (χ1v) is 10.6. The maximum Gasteiger partial charge on any atom is 0.238 e. The minimum atomic E-state index is -0.507. The van der Waals surface area contributed by atoms with Crippen LogP contribution in [0.3, 0.4) is 0 Å². The summed E-state index contributed by atoms with van der Waals surface area (Å²) in [5, 5.41) is 0. The van der Waals surface area contributed by atoms with E-state index in [1.165, 1.54) is 27.2 Å². The Hall–Kier alpha value is -3.20. The molecule has 2 bridgehead atoms. The van der Waals surface area contributed by atoms with E-state index >= 15 is 0 Å². The first-order chi connectivity index (χ1) is 14.4. The fourth-order valence-corrected chi connectivity index (χ4v) is 6.49. The van der Waals surface area contributed by atoms with Gasteiger partial charge in [-0.2, -0.15) is 0 Å². The first kappa shape index (κ1) is 17.6. The summed E-state index contributed by atoms with van der Waals surface area (Å²) in [6.45, 7) is 6.17. The van der Waals surface area contributed by atoms with E-state index in [9.17, 15) is 9.59 Å². The van der Waals surface area contributed by atoms with Crippen LogP contribution in [0.4, 0.5) is 5.69 Å². The highest BCUT2D eigenvalue weighted by Crippen LogP contribution is 2.64. The predicted octanol–water partition coefficient (Wildman–Crippen LogP) is 4.87. The van der Waals surface area contributed by atoms with E-state index in [1.54, 1.807) is 0 Å². The number of imide groups is 1. The molecule has 3 nitrogen and oxygen atoms in total. The molecule has 7 rings (SSSR count). The lowest BCUT2D eigenvalue weighted by Crippen LogP contribution is -2.51. The van der Waals surface area contributed by atoms with Crippen LogP contribution in [0.2, 0.25) is 0 Å². The number of hydrogen-bond donors (Lipinski definition) is 0. The minimum Gasteiger partial charge on any atom is -0.274 e. The van der Waals surface area contributed by atoms with Crippen molar-refractivity contribution in [3.05, 3.63) is 100 Å². The van der Waals surface area contributed by atoms with Gasteiger partial charge in [0.25, 0.3) is 0 Å². The molecule has 0 saturated carbocycles. The Balaban J connectivity index is 1.62. The van der Waals surface area contributed by atoms with Crippen molar-refractivity contribution in [2.24, 2.45) is 11.8 Å². The van der Waals surface area contributed by atoms with Gasteiger partial charge in [-0.25, -0.2) is 4.90 Å². The van der Waals surface area contributed by atoms with Crippen molar-refractivity contribution >= 4 is 17.5 Å². The number of carbonyl (C=O) groups excluding carboxylic acids is 2. The summed E-state index contributed by atoms with van der Waals surface area (Å²) in [5.41, 5.74) is 7.09. The minimum absolute atomic E-state index is 0.0600. The SMILES string of the molecule is Cc1cc(C)cc(N2C(=O)[C@@H]3C4c5ccccc5C(C)(c5ccccc54)[C@@H]3C2=O)c1. The Bertz CT molecular complexity index is 1190. The Kier molecular flexibility index (Phi) is 3.35. The molecule has 3 aliphatic carbocycles. The first-order valence-electron chi connectivity index (χ1n) is 10.6. The third-order valence-electron chi connectivity index (χ3n) is 7.51. The zero-order valence-corrected chi connectivity index (χ0v) is 17.3. The zero-order chi connectivity index (χ0) is 20.8. The second-order valence-corrected chi connectivity index (χ2v) is 9.22. The second-order valence-electron chi connectivity index (χ2n) is 9.22. The molecule has 0 spiro atoms. The summed E-state index contributed by atoms with van der Waals surface area (Å²) in [7, 11) is 0. The van der Waals surface area contributed by atoms with E-state index in [4.69, 9.17) is 0 Å². The lowest BCUT2D eigenvalue weighted by Gasteiger charge is -2.52. The summed E-state index contributed by atoms with van der Waals surface area (Å²) in [6, 6.07) is 22.7. The van der Waals surface area contributed by atoms with E-state index in [-0.39, 0.29) is 29.6 Å². The summed E-state index contributed by atoms with van der Waals surface area (Å²) in [5.74, 6) is -0.924. The van der Waals surface area contributed by atoms with Crippen LogP contribution in [0.5, 0.6) is 0 Å². The van der Waals surface area contributed by atoms with Crippen molar-refractivity contribution < 1.29 is 9.59 Å². The molecule has 1 aliphatic heterocycles. The van der Waals surface area contributed by atoms with Gasteiger partial charge in [0.05, 0.1) is 17.5 Å². The molecule has 2 atom stereocenters. The van der Waals surface area contributed by atoms with Gasteiger partial charge in [-0.15, -0.1) is 0 Å². The van der Waals surface area contributed by atoms with Crippen LogP contribution >= 0.6 is 0 Å². The molecule has 3 aromatic rings. The molecule has 0 radical (unpaired) electrons. The van der Waals surface area contributed by atoms with Crippen LogP contribution < -0.4 is 4.90 Å². The van der Waals surface area contributed by atoms with Crippen LogP contribution in [0.25, 0.3) is 0 Å². The average molecular weight is 393 g/mol. The molecule has 0 unspecified atom stereocenters. The Morgan fingerprint density at radius 3 is 1.87 bits per heavy atom. The van der Waals surface area contributed by atoms with Gasteiger partial charge in [-0.3, -0.25) is 9.59 Å². The summed E-state index contributed by atoms with van der Waals surface area (Å²) >= 11 is 0. The smallest absolute Gasteiger partial charge is 0.238 e. The molecule has 3 aromatic carbocycles. The van der Waals surface area contributed by atoms with Crippen molar-refractivity contribution in [3.8, 4) is 0 Å². The number of anilines is 1. The van der Waals surface area contributed by atoms with Gasteiger partial charge in [0.1, 0.15) is 0 Å². The number of benzene rings is 3. The topological polar surface area (TPSA) is 37.4 Å². The number of carbonyl (C=O) groups is 2. The molecule has 0 aromatic heterocycles. The van der Waals surface area contributed by atoms with Gasteiger partial charge in [0.15, 0.2) is 0 Å². The highest BCUT2D eigenvalue weighted by atomic mass is 16.2. The van der Waals surface area contributed by atoms with Gasteiger partial charge >= 0.3 is 0 Å². The molecule has 1 fully saturated rings. The molecule has 148 valence electrons. The van der Waals surface area contributed by atoms with Gasteiger partial charge in [0.2, 0.25) is 11.8 Å². The highest BCUT2D eigenvalue weighted by molar-refractivity contribution is 6.23. The van der Waals surface area contributed by atoms with Crippen LogP contribution in [0.15, 0.2) is 66.7 Å². The molecule has 1 heterocycles. The molecule has 2 amide bonds. The Morgan fingerprint density at radius 2 is 1.30 bits per heavy atom. The normalized spacial score (nSPS) is 28.4. The van der Waals surface area contributed by atoms with E-state index in [1.807, 2.05) is 50.2 Å². The lowest BCUT2D eigenvalue weighted by atomic mass is 9.48. The molecule has 1 saturated heterocycles. The number of nitrogens with zero attached hydrogens (tertiary/aromatic N) is 1. The second kappa shape index (κ2) is 5.69. The number of amides is 2. The molecule has 0 N–H and O–H groups in total. The molecule has 30 heavy (non-hydrogen) atoms. The van der Waals surface area contributed by atoms with Gasteiger partial charge < -0.3 is 0 Å². The van der Waals surface area contributed by atoms with E-state index in [2.05, 4.69) is 37.3 Å². The third kappa shape index (κ3) is 1.95. The fourth-order valence-electron chi connectivity index (χ4n) is 6.49. The summed E-state index contributed by atoms with van der Waals surface area (Å²) in [6.07, 6.45) is 0. The molecular weight excluding hydrogens is 370 g/mol. The average Bonchev–Trinajstić information content (AvgIpc) is 2.99. The quantitative estimate of drug-likeness (QED) is 0.553. The van der Waals surface area contributed by atoms with Crippen molar-refractivity contribution in [2.45, 2.75) is 32.1 Å².